The van der Waals surface area contributed by atoms with Crippen LogP contribution in [0, 0.1) is 0 Å². The minimum absolute atomic E-state index is 0.0521. The standard InChI is InChI=1S/C15H21NO2/c1-11(2)16-12(3)9-14(16)15(17)18-10-13-7-5-4-6-8-13/h4-8,11-12,14H,9-10H2,1-3H3/t12-,14+/m0/s1. The van der Waals surface area contributed by atoms with Crippen LogP contribution in [0.25, 0.3) is 0 Å². The van der Waals surface area contributed by atoms with Crippen molar-refractivity contribution in [3.05, 3.63) is 35.9 Å². The fourth-order valence-electron chi connectivity index (χ4n) is 2.65. The van der Waals surface area contributed by atoms with Crippen LogP contribution in [0.5, 0.6) is 0 Å². The summed E-state index contributed by atoms with van der Waals surface area (Å²) in [6, 6.07) is 10.6. The lowest BCUT2D eigenvalue weighted by Crippen LogP contribution is -2.61. The molecule has 1 aliphatic rings. The van der Waals surface area contributed by atoms with Gasteiger partial charge in [0.05, 0.1) is 0 Å². The summed E-state index contributed by atoms with van der Waals surface area (Å²) in [5.74, 6) is -0.0920. The van der Waals surface area contributed by atoms with E-state index in [1.54, 1.807) is 0 Å². The van der Waals surface area contributed by atoms with Gasteiger partial charge in [-0.2, -0.15) is 0 Å². The molecule has 3 nitrogen and oxygen atoms in total. The van der Waals surface area contributed by atoms with Crippen LogP contribution in [0.2, 0.25) is 0 Å². The molecule has 2 atom stereocenters. The Balaban J connectivity index is 1.86. The van der Waals surface area contributed by atoms with Gasteiger partial charge in [-0.25, -0.2) is 0 Å². The molecule has 1 heterocycles. The number of esters is 1. The fourth-order valence-corrected chi connectivity index (χ4v) is 2.65. The normalized spacial score (nSPS) is 23.8. The largest absolute Gasteiger partial charge is 0.460 e. The lowest BCUT2D eigenvalue weighted by atomic mass is 9.92. The van der Waals surface area contributed by atoms with Gasteiger partial charge in [0.15, 0.2) is 0 Å². The number of rotatable bonds is 4. The SMILES string of the molecule is CC(C)N1[C@@H](C(=O)OCc2ccccc2)C[C@@H]1C. The molecule has 0 unspecified atom stereocenters. The van der Waals surface area contributed by atoms with Crippen LogP contribution >= 0.6 is 0 Å². The van der Waals surface area contributed by atoms with Crippen LogP contribution in [0.3, 0.4) is 0 Å². The Morgan fingerprint density at radius 3 is 2.61 bits per heavy atom. The molecule has 0 aromatic heterocycles. The molecule has 0 amide bonds. The number of likely N-dealkylation sites (tertiary alicyclic amines) is 1. The molecule has 0 radical (unpaired) electrons. The lowest BCUT2D eigenvalue weighted by molar-refractivity contribution is -0.162. The Morgan fingerprint density at radius 1 is 1.39 bits per heavy atom. The van der Waals surface area contributed by atoms with Crippen molar-refractivity contribution in [1.82, 2.24) is 4.90 Å². The zero-order chi connectivity index (χ0) is 13.1. The second kappa shape index (κ2) is 5.53. The molecule has 1 aromatic rings. The topological polar surface area (TPSA) is 29.5 Å². The van der Waals surface area contributed by atoms with Gasteiger partial charge in [0, 0.05) is 12.1 Å². The molecule has 1 saturated heterocycles. The molecule has 3 heteroatoms. The van der Waals surface area contributed by atoms with Crippen molar-refractivity contribution in [2.24, 2.45) is 0 Å². The first-order valence-electron chi connectivity index (χ1n) is 6.57. The van der Waals surface area contributed by atoms with Crippen LogP contribution in [-0.4, -0.2) is 29.0 Å². The first kappa shape index (κ1) is 13.1. The van der Waals surface area contributed by atoms with Gasteiger partial charge < -0.3 is 4.74 Å². The Kier molecular flexibility index (Phi) is 4.02. The van der Waals surface area contributed by atoms with Crippen LogP contribution in [0.15, 0.2) is 30.3 Å². The molecule has 0 N–H and O–H groups in total. The predicted molar refractivity (Wildman–Crippen MR) is 71.1 cm³/mol. The molecular weight excluding hydrogens is 226 g/mol. The van der Waals surface area contributed by atoms with Crippen molar-refractivity contribution in [3.8, 4) is 0 Å². The smallest absolute Gasteiger partial charge is 0.323 e. The highest BCUT2D eigenvalue weighted by Gasteiger charge is 2.42. The van der Waals surface area contributed by atoms with Crippen molar-refractivity contribution >= 4 is 5.97 Å². The minimum atomic E-state index is -0.0920. The van der Waals surface area contributed by atoms with E-state index in [0.29, 0.717) is 18.7 Å². The molecular formula is C15H21NO2. The highest BCUT2D eigenvalue weighted by Crippen LogP contribution is 2.28. The van der Waals surface area contributed by atoms with E-state index in [2.05, 4.69) is 25.7 Å². The second-order valence-corrected chi connectivity index (χ2v) is 5.23. The van der Waals surface area contributed by atoms with Crippen molar-refractivity contribution in [2.75, 3.05) is 0 Å². The van der Waals surface area contributed by atoms with Gasteiger partial charge in [-0.05, 0) is 32.8 Å². The summed E-state index contributed by atoms with van der Waals surface area (Å²) in [7, 11) is 0. The maximum Gasteiger partial charge on any atom is 0.323 e. The number of ether oxygens (including phenoxy) is 1. The van der Waals surface area contributed by atoms with E-state index in [0.717, 1.165) is 12.0 Å². The molecule has 0 bridgehead atoms. The fraction of sp³-hybridized carbons (Fsp3) is 0.533. The number of hydrogen-bond acceptors (Lipinski definition) is 3. The number of carbonyl (C=O) groups is 1. The van der Waals surface area contributed by atoms with E-state index >= 15 is 0 Å². The molecule has 18 heavy (non-hydrogen) atoms. The van der Waals surface area contributed by atoms with E-state index in [-0.39, 0.29) is 12.0 Å². The third-order valence-electron chi connectivity index (χ3n) is 3.53. The van der Waals surface area contributed by atoms with E-state index in [9.17, 15) is 4.79 Å². The first-order valence-corrected chi connectivity index (χ1v) is 6.57. The summed E-state index contributed by atoms with van der Waals surface area (Å²) in [4.78, 5) is 14.2. The summed E-state index contributed by atoms with van der Waals surface area (Å²) in [6.45, 7) is 6.76. The molecule has 1 fully saturated rings. The monoisotopic (exact) mass is 247 g/mol. The molecule has 2 rings (SSSR count). The summed E-state index contributed by atoms with van der Waals surface area (Å²) >= 11 is 0. The third-order valence-corrected chi connectivity index (χ3v) is 3.53. The van der Waals surface area contributed by atoms with Gasteiger partial charge in [0.25, 0.3) is 0 Å². The van der Waals surface area contributed by atoms with E-state index in [4.69, 9.17) is 4.74 Å². The maximum atomic E-state index is 12.0. The highest BCUT2D eigenvalue weighted by molar-refractivity contribution is 5.77. The highest BCUT2D eigenvalue weighted by atomic mass is 16.5. The zero-order valence-electron chi connectivity index (χ0n) is 11.3. The summed E-state index contributed by atoms with van der Waals surface area (Å²) in [5, 5.41) is 0. The van der Waals surface area contributed by atoms with Crippen LogP contribution < -0.4 is 0 Å². The minimum Gasteiger partial charge on any atom is -0.460 e. The van der Waals surface area contributed by atoms with E-state index < -0.39 is 0 Å². The molecule has 0 saturated carbocycles. The van der Waals surface area contributed by atoms with Crippen molar-refractivity contribution < 1.29 is 9.53 Å². The average molecular weight is 247 g/mol. The first-order chi connectivity index (χ1) is 8.59. The molecule has 0 spiro atoms. The quantitative estimate of drug-likeness (QED) is 0.766. The number of hydrogen-bond donors (Lipinski definition) is 0. The van der Waals surface area contributed by atoms with Crippen LogP contribution in [-0.2, 0) is 16.1 Å². The van der Waals surface area contributed by atoms with Crippen molar-refractivity contribution in [2.45, 2.75) is 51.9 Å². The Morgan fingerprint density at radius 2 is 2.06 bits per heavy atom. The maximum absolute atomic E-state index is 12.0. The van der Waals surface area contributed by atoms with Gasteiger partial charge in [-0.1, -0.05) is 30.3 Å². The lowest BCUT2D eigenvalue weighted by Gasteiger charge is -2.48. The molecule has 98 valence electrons. The third kappa shape index (κ3) is 2.72. The number of nitrogens with zero attached hydrogens (tertiary/aromatic N) is 1. The zero-order valence-corrected chi connectivity index (χ0v) is 11.3. The summed E-state index contributed by atoms with van der Waals surface area (Å²) in [5.41, 5.74) is 1.04. The van der Waals surface area contributed by atoms with Crippen molar-refractivity contribution in [3.63, 3.8) is 0 Å². The van der Waals surface area contributed by atoms with Crippen LogP contribution in [0.1, 0.15) is 32.8 Å². The molecule has 1 aromatic carbocycles. The van der Waals surface area contributed by atoms with E-state index in [1.165, 1.54) is 0 Å². The number of carbonyl (C=O) groups excluding carboxylic acids is 1. The van der Waals surface area contributed by atoms with Gasteiger partial charge >= 0.3 is 5.97 Å². The van der Waals surface area contributed by atoms with Crippen molar-refractivity contribution in [1.29, 1.82) is 0 Å². The summed E-state index contributed by atoms with van der Waals surface area (Å²) < 4.78 is 5.38. The van der Waals surface area contributed by atoms with E-state index in [1.807, 2.05) is 30.3 Å². The predicted octanol–water partition coefficient (Wildman–Crippen LogP) is 2.60. The van der Waals surface area contributed by atoms with Gasteiger partial charge in [0.2, 0.25) is 0 Å². The number of benzene rings is 1. The Hall–Kier alpha value is -1.35. The van der Waals surface area contributed by atoms with Gasteiger partial charge in [-0.3, -0.25) is 9.69 Å². The molecule has 1 aliphatic heterocycles. The van der Waals surface area contributed by atoms with Gasteiger partial charge in [0.1, 0.15) is 12.6 Å². The van der Waals surface area contributed by atoms with Crippen LogP contribution in [0.4, 0.5) is 0 Å². The Bertz CT molecular complexity index is 397. The van der Waals surface area contributed by atoms with Gasteiger partial charge in [-0.15, -0.1) is 0 Å². The second-order valence-electron chi connectivity index (χ2n) is 5.23. The molecule has 0 aliphatic carbocycles. The summed E-state index contributed by atoms with van der Waals surface area (Å²) in [6.07, 6.45) is 0.909. The Labute approximate surface area is 109 Å². The average Bonchev–Trinajstić information content (AvgIpc) is 2.33.